The van der Waals surface area contributed by atoms with Crippen molar-refractivity contribution in [2.24, 2.45) is 0 Å². The lowest BCUT2D eigenvalue weighted by Crippen LogP contribution is -2.23. The molecule has 0 saturated heterocycles. The Morgan fingerprint density at radius 3 is 2.77 bits per heavy atom. The van der Waals surface area contributed by atoms with Gasteiger partial charge in [0.1, 0.15) is 5.82 Å². The number of fused-ring (bicyclic) bond motifs is 1. The summed E-state index contributed by atoms with van der Waals surface area (Å²) >= 11 is 6.05. The first-order chi connectivity index (χ1) is 14.5. The smallest absolute Gasteiger partial charge is 0.251 e. The number of nitrogens with one attached hydrogen (secondary N) is 1. The predicted molar refractivity (Wildman–Crippen MR) is 118 cm³/mol. The molecule has 0 aliphatic heterocycles. The zero-order chi connectivity index (χ0) is 21.1. The number of amides is 1. The van der Waals surface area contributed by atoms with E-state index >= 15 is 0 Å². The summed E-state index contributed by atoms with van der Waals surface area (Å²) in [6.07, 6.45) is 5.53. The molecule has 0 fully saturated rings. The van der Waals surface area contributed by atoms with Gasteiger partial charge in [-0.2, -0.15) is 0 Å². The zero-order valence-corrected chi connectivity index (χ0v) is 17.1. The topological polar surface area (TPSA) is 93.8 Å². The Morgan fingerprint density at radius 2 is 1.93 bits per heavy atom. The summed E-state index contributed by atoms with van der Waals surface area (Å²) in [5.41, 5.74) is 10.8. The van der Waals surface area contributed by atoms with E-state index in [0.717, 1.165) is 33.3 Å². The third-order valence-corrected chi connectivity index (χ3v) is 5.10. The molecule has 3 heterocycles. The highest BCUT2D eigenvalue weighted by atomic mass is 35.5. The lowest BCUT2D eigenvalue weighted by Gasteiger charge is -2.10. The summed E-state index contributed by atoms with van der Waals surface area (Å²) in [4.78, 5) is 25.6. The first-order valence-corrected chi connectivity index (χ1v) is 9.84. The predicted octanol–water partition coefficient (Wildman–Crippen LogP) is 4.09. The Hall–Kier alpha value is -3.51. The Labute approximate surface area is 179 Å². The SMILES string of the molecule is Cc1cc(N)ncc1CNC(=O)c1ccnc(Cc2cccc3cc(Cl)cnc23)c1. The van der Waals surface area contributed by atoms with E-state index in [1.165, 1.54) is 0 Å². The number of benzene rings is 1. The minimum atomic E-state index is -0.169. The summed E-state index contributed by atoms with van der Waals surface area (Å²) in [5.74, 6) is 0.296. The van der Waals surface area contributed by atoms with Crippen molar-refractivity contribution in [2.75, 3.05) is 5.73 Å². The number of nitrogens with zero attached hydrogens (tertiary/aromatic N) is 3. The number of hydrogen-bond acceptors (Lipinski definition) is 5. The second-order valence-electron chi connectivity index (χ2n) is 7.07. The van der Waals surface area contributed by atoms with E-state index in [1.54, 1.807) is 36.8 Å². The Balaban J connectivity index is 1.51. The number of nitrogen functional groups attached to an aromatic ring is 1. The van der Waals surface area contributed by atoms with E-state index in [2.05, 4.69) is 20.3 Å². The van der Waals surface area contributed by atoms with Gasteiger partial charge in [-0.3, -0.25) is 14.8 Å². The summed E-state index contributed by atoms with van der Waals surface area (Å²) < 4.78 is 0. The monoisotopic (exact) mass is 417 g/mol. The van der Waals surface area contributed by atoms with Crippen molar-refractivity contribution in [3.8, 4) is 0 Å². The maximum atomic E-state index is 12.6. The maximum absolute atomic E-state index is 12.6. The van der Waals surface area contributed by atoms with Gasteiger partial charge in [0.15, 0.2) is 0 Å². The van der Waals surface area contributed by atoms with Gasteiger partial charge in [-0.05, 0) is 47.9 Å². The second kappa shape index (κ2) is 8.47. The van der Waals surface area contributed by atoms with Crippen molar-refractivity contribution in [1.29, 1.82) is 0 Å². The summed E-state index contributed by atoms with van der Waals surface area (Å²) in [7, 11) is 0. The minimum absolute atomic E-state index is 0.169. The van der Waals surface area contributed by atoms with Crippen LogP contribution in [0.1, 0.15) is 32.7 Å². The van der Waals surface area contributed by atoms with Crippen LogP contribution in [-0.2, 0) is 13.0 Å². The Bertz CT molecular complexity index is 1240. The lowest BCUT2D eigenvalue weighted by atomic mass is 10.0. The van der Waals surface area contributed by atoms with Crippen LogP contribution in [0.4, 0.5) is 5.82 Å². The summed E-state index contributed by atoms with van der Waals surface area (Å²) in [5, 5.41) is 4.50. The fourth-order valence-corrected chi connectivity index (χ4v) is 3.49. The van der Waals surface area contributed by atoms with Gasteiger partial charge in [0.2, 0.25) is 0 Å². The number of pyridine rings is 3. The summed E-state index contributed by atoms with van der Waals surface area (Å²) in [6.45, 7) is 2.32. The molecule has 1 aromatic carbocycles. The van der Waals surface area contributed by atoms with Gasteiger partial charge >= 0.3 is 0 Å². The summed E-state index contributed by atoms with van der Waals surface area (Å²) in [6, 6.07) is 13.1. The normalized spacial score (nSPS) is 10.9. The maximum Gasteiger partial charge on any atom is 0.251 e. The van der Waals surface area contributed by atoms with Gasteiger partial charge in [0.25, 0.3) is 5.91 Å². The van der Waals surface area contributed by atoms with Gasteiger partial charge in [-0.15, -0.1) is 0 Å². The first-order valence-electron chi connectivity index (χ1n) is 9.47. The number of halogens is 1. The number of hydrogen-bond donors (Lipinski definition) is 2. The zero-order valence-electron chi connectivity index (χ0n) is 16.4. The molecular weight excluding hydrogens is 398 g/mol. The molecule has 0 saturated carbocycles. The van der Waals surface area contributed by atoms with Crippen molar-refractivity contribution in [2.45, 2.75) is 19.9 Å². The number of aryl methyl sites for hydroxylation is 1. The van der Waals surface area contributed by atoms with Crippen LogP contribution in [0.2, 0.25) is 5.02 Å². The van der Waals surface area contributed by atoms with E-state index < -0.39 is 0 Å². The quantitative estimate of drug-likeness (QED) is 0.510. The van der Waals surface area contributed by atoms with Crippen LogP contribution in [-0.4, -0.2) is 20.9 Å². The van der Waals surface area contributed by atoms with Gasteiger partial charge < -0.3 is 11.1 Å². The minimum Gasteiger partial charge on any atom is -0.384 e. The highest BCUT2D eigenvalue weighted by molar-refractivity contribution is 6.31. The highest BCUT2D eigenvalue weighted by Crippen LogP contribution is 2.22. The molecule has 4 rings (SSSR count). The van der Waals surface area contributed by atoms with Gasteiger partial charge in [-0.1, -0.05) is 29.8 Å². The van der Waals surface area contributed by atoms with E-state index in [9.17, 15) is 4.79 Å². The third kappa shape index (κ3) is 4.39. The van der Waals surface area contributed by atoms with Crippen molar-refractivity contribution in [3.05, 3.63) is 94.0 Å². The standard InChI is InChI=1S/C23H20ClN5O/c1-14-7-21(25)27-11-18(14)12-29-23(30)17-5-6-26-20(10-17)9-16-4-2-3-15-8-19(24)13-28-22(15)16/h2-8,10-11,13H,9,12H2,1H3,(H2,25,27)(H,29,30). The molecule has 0 radical (unpaired) electrons. The molecule has 0 spiro atoms. The number of carbonyl (C=O) groups excluding carboxylic acids is 1. The fourth-order valence-electron chi connectivity index (χ4n) is 3.32. The van der Waals surface area contributed by atoms with Crippen molar-refractivity contribution < 1.29 is 4.79 Å². The van der Waals surface area contributed by atoms with Crippen molar-refractivity contribution in [1.82, 2.24) is 20.3 Å². The van der Waals surface area contributed by atoms with Gasteiger partial charge in [-0.25, -0.2) is 4.98 Å². The molecular formula is C23H20ClN5O. The van der Waals surface area contributed by atoms with Crippen molar-refractivity contribution >= 4 is 34.2 Å². The average Bonchev–Trinajstić information content (AvgIpc) is 2.73. The molecule has 0 aliphatic carbocycles. The molecule has 150 valence electrons. The molecule has 1 amide bonds. The van der Waals surface area contributed by atoms with Crippen LogP contribution in [0.15, 0.2) is 61.1 Å². The molecule has 4 aromatic rings. The van der Waals surface area contributed by atoms with Crippen LogP contribution in [0.3, 0.4) is 0 Å². The first kappa shape index (κ1) is 19.8. The molecule has 30 heavy (non-hydrogen) atoms. The number of carbonyl (C=O) groups is 1. The van der Waals surface area contributed by atoms with E-state index in [0.29, 0.717) is 29.4 Å². The molecule has 0 atom stereocenters. The van der Waals surface area contributed by atoms with Gasteiger partial charge in [0, 0.05) is 48.2 Å². The van der Waals surface area contributed by atoms with Crippen LogP contribution in [0.25, 0.3) is 10.9 Å². The molecule has 3 N–H and O–H groups in total. The Kier molecular flexibility index (Phi) is 5.59. The molecule has 7 heteroatoms. The fraction of sp³-hybridized carbons (Fsp3) is 0.130. The molecule has 0 bridgehead atoms. The molecule has 3 aromatic heterocycles. The average molecular weight is 418 g/mol. The molecule has 0 unspecified atom stereocenters. The van der Waals surface area contributed by atoms with E-state index in [-0.39, 0.29) is 5.91 Å². The van der Waals surface area contributed by atoms with E-state index in [4.69, 9.17) is 17.3 Å². The number of rotatable bonds is 5. The number of para-hydroxylation sites is 1. The highest BCUT2D eigenvalue weighted by Gasteiger charge is 2.10. The largest absolute Gasteiger partial charge is 0.384 e. The van der Waals surface area contributed by atoms with Crippen LogP contribution in [0.5, 0.6) is 0 Å². The Morgan fingerprint density at radius 1 is 1.07 bits per heavy atom. The van der Waals surface area contributed by atoms with Crippen LogP contribution >= 0.6 is 11.6 Å². The number of aromatic nitrogens is 3. The number of anilines is 1. The van der Waals surface area contributed by atoms with Crippen LogP contribution in [0, 0.1) is 6.92 Å². The second-order valence-corrected chi connectivity index (χ2v) is 7.51. The molecule has 6 nitrogen and oxygen atoms in total. The van der Waals surface area contributed by atoms with Crippen LogP contribution < -0.4 is 11.1 Å². The third-order valence-electron chi connectivity index (χ3n) is 4.89. The number of nitrogens with two attached hydrogens (primary N) is 1. The van der Waals surface area contributed by atoms with Gasteiger partial charge in [0.05, 0.1) is 10.5 Å². The molecule has 0 aliphatic rings. The lowest BCUT2D eigenvalue weighted by molar-refractivity contribution is 0.0950. The van der Waals surface area contributed by atoms with E-state index in [1.807, 2.05) is 31.2 Å². The van der Waals surface area contributed by atoms with Crippen molar-refractivity contribution in [3.63, 3.8) is 0 Å².